The van der Waals surface area contributed by atoms with Gasteiger partial charge >= 0.3 is 0 Å². The predicted molar refractivity (Wildman–Crippen MR) is 56.5 cm³/mol. The fraction of sp³-hybridized carbons (Fsp3) is 0.0909. The summed E-state index contributed by atoms with van der Waals surface area (Å²) in [5.74, 6) is 0. The molecule has 2 heteroatoms. The molecule has 0 saturated carbocycles. The van der Waals surface area contributed by atoms with Crippen molar-refractivity contribution in [2.24, 2.45) is 0 Å². The summed E-state index contributed by atoms with van der Waals surface area (Å²) < 4.78 is 0. The van der Waals surface area contributed by atoms with Gasteiger partial charge in [-0.1, -0.05) is 24.3 Å². The molecule has 0 aliphatic carbocycles. The molecule has 1 aromatic rings. The van der Waals surface area contributed by atoms with E-state index in [2.05, 4.69) is 11.0 Å². The Morgan fingerprint density at radius 1 is 1.15 bits per heavy atom. The maximum Gasteiger partial charge on any atom is 0.0642 e. The maximum absolute atomic E-state index is 5.85. The predicted octanol–water partition coefficient (Wildman–Crippen LogP) is 2.16. The van der Waals surface area contributed by atoms with Gasteiger partial charge in [-0.2, -0.15) is 0 Å². The molecule has 0 amide bonds. The average molecular weight is 172 g/mol. The summed E-state index contributed by atoms with van der Waals surface area (Å²) in [6, 6.07) is 7.89. The zero-order valence-corrected chi connectivity index (χ0v) is 7.35. The van der Waals surface area contributed by atoms with E-state index in [-0.39, 0.29) is 0 Å². The van der Waals surface area contributed by atoms with Crippen molar-refractivity contribution in [3.8, 4) is 0 Å². The highest BCUT2D eigenvalue weighted by Crippen LogP contribution is 2.23. The van der Waals surface area contributed by atoms with Crippen LogP contribution in [0.15, 0.2) is 48.7 Å². The van der Waals surface area contributed by atoms with Gasteiger partial charge in [-0.15, -0.1) is 0 Å². The lowest BCUT2D eigenvalue weighted by Gasteiger charge is -2.21. The number of nitrogen functional groups attached to an aromatic ring is 1. The molecule has 1 heterocycles. The van der Waals surface area contributed by atoms with Crippen LogP contribution in [0.3, 0.4) is 0 Å². The third-order valence-electron chi connectivity index (χ3n) is 2.06. The van der Waals surface area contributed by atoms with Gasteiger partial charge in [-0.25, -0.2) is 0 Å². The van der Waals surface area contributed by atoms with Gasteiger partial charge in [-0.3, -0.25) is 0 Å². The highest BCUT2D eigenvalue weighted by molar-refractivity contribution is 5.69. The summed E-state index contributed by atoms with van der Waals surface area (Å²) >= 11 is 0. The van der Waals surface area contributed by atoms with Crippen LogP contribution in [0.2, 0.25) is 0 Å². The number of nitrogens with zero attached hydrogens (tertiary/aromatic N) is 1. The number of rotatable bonds is 1. The number of allylic oxidation sites excluding steroid dienone is 2. The van der Waals surface area contributed by atoms with E-state index < -0.39 is 0 Å². The van der Waals surface area contributed by atoms with Crippen molar-refractivity contribution in [2.75, 3.05) is 17.2 Å². The molecule has 0 fully saturated rings. The lowest BCUT2D eigenvalue weighted by molar-refractivity contribution is 1.08. The van der Waals surface area contributed by atoms with Crippen LogP contribution in [0.25, 0.3) is 0 Å². The SMILES string of the molecule is Nc1ccccc1N1C=CC=CC1. The number of hydrogen-bond acceptors (Lipinski definition) is 2. The standard InChI is InChI=1S/C11H12N2/c12-10-6-2-3-7-11(10)13-8-4-1-5-9-13/h1-8H,9,12H2. The van der Waals surface area contributed by atoms with Crippen LogP contribution in [-0.2, 0) is 0 Å². The molecule has 0 aromatic heterocycles. The van der Waals surface area contributed by atoms with Crippen LogP contribution in [0, 0.1) is 0 Å². The first-order valence-corrected chi connectivity index (χ1v) is 4.32. The van der Waals surface area contributed by atoms with E-state index in [0.717, 1.165) is 17.9 Å². The van der Waals surface area contributed by atoms with E-state index in [1.807, 2.05) is 42.6 Å². The molecule has 0 saturated heterocycles. The number of hydrogen-bond donors (Lipinski definition) is 1. The van der Waals surface area contributed by atoms with E-state index in [9.17, 15) is 0 Å². The quantitative estimate of drug-likeness (QED) is 0.658. The van der Waals surface area contributed by atoms with Gasteiger partial charge in [0.15, 0.2) is 0 Å². The van der Waals surface area contributed by atoms with E-state index in [4.69, 9.17) is 5.73 Å². The topological polar surface area (TPSA) is 29.3 Å². The molecular formula is C11H12N2. The van der Waals surface area contributed by atoms with E-state index in [1.54, 1.807) is 0 Å². The molecule has 0 spiro atoms. The molecule has 0 bridgehead atoms. The molecule has 1 aromatic carbocycles. The highest BCUT2D eigenvalue weighted by Gasteiger charge is 2.05. The summed E-state index contributed by atoms with van der Waals surface area (Å²) in [6.07, 6.45) is 8.18. The van der Waals surface area contributed by atoms with Gasteiger partial charge in [0.05, 0.1) is 11.4 Å². The summed E-state index contributed by atoms with van der Waals surface area (Å²) in [5, 5.41) is 0. The molecule has 0 unspecified atom stereocenters. The minimum absolute atomic E-state index is 0.822. The third kappa shape index (κ3) is 1.56. The fourth-order valence-corrected chi connectivity index (χ4v) is 1.40. The van der Waals surface area contributed by atoms with Crippen LogP contribution in [-0.4, -0.2) is 6.54 Å². The molecule has 0 atom stereocenters. The van der Waals surface area contributed by atoms with Crippen LogP contribution < -0.4 is 10.6 Å². The van der Waals surface area contributed by atoms with Crippen molar-refractivity contribution in [1.29, 1.82) is 0 Å². The van der Waals surface area contributed by atoms with E-state index in [0.29, 0.717) is 0 Å². The second kappa shape index (κ2) is 3.35. The Morgan fingerprint density at radius 3 is 2.69 bits per heavy atom. The summed E-state index contributed by atoms with van der Waals surface area (Å²) in [4.78, 5) is 2.12. The first-order chi connectivity index (χ1) is 6.38. The summed E-state index contributed by atoms with van der Waals surface area (Å²) in [6.45, 7) is 0.894. The smallest absolute Gasteiger partial charge is 0.0642 e. The van der Waals surface area contributed by atoms with Gasteiger partial charge in [0.2, 0.25) is 0 Å². The Hall–Kier alpha value is -1.70. The van der Waals surface area contributed by atoms with Gasteiger partial charge in [-0.05, 0) is 18.2 Å². The van der Waals surface area contributed by atoms with Crippen LogP contribution in [0.5, 0.6) is 0 Å². The molecule has 1 aliphatic heterocycles. The second-order valence-electron chi connectivity index (χ2n) is 2.98. The first-order valence-electron chi connectivity index (χ1n) is 4.32. The molecule has 0 radical (unpaired) electrons. The molecular weight excluding hydrogens is 160 g/mol. The van der Waals surface area contributed by atoms with Gasteiger partial charge in [0, 0.05) is 12.7 Å². The largest absolute Gasteiger partial charge is 0.397 e. The Balaban J connectivity index is 2.30. The Bertz CT molecular complexity index is 353. The van der Waals surface area contributed by atoms with Crippen LogP contribution >= 0.6 is 0 Å². The molecule has 66 valence electrons. The molecule has 2 N–H and O–H groups in total. The summed E-state index contributed by atoms with van der Waals surface area (Å²) in [5.41, 5.74) is 7.75. The third-order valence-corrected chi connectivity index (χ3v) is 2.06. The van der Waals surface area contributed by atoms with Crippen LogP contribution in [0.4, 0.5) is 11.4 Å². The number of nitrogens with two attached hydrogens (primary N) is 1. The minimum atomic E-state index is 0.822. The molecule has 13 heavy (non-hydrogen) atoms. The van der Waals surface area contributed by atoms with Crippen molar-refractivity contribution in [1.82, 2.24) is 0 Å². The van der Waals surface area contributed by atoms with Gasteiger partial charge in [0.25, 0.3) is 0 Å². The lowest BCUT2D eigenvalue weighted by atomic mass is 10.2. The Labute approximate surface area is 78.0 Å². The summed E-state index contributed by atoms with van der Waals surface area (Å²) in [7, 11) is 0. The van der Waals surface area contributed by atoms with E-state index in [1.165, 1.54) is 0 Å². The van der Waals surface area contributed by atoms with Crippen molar-refractivity contribution >= 4 is 11.4 Å². The number of anilines is 2. The lowest BCUT2D eigenvalue weighted by Crippen LogP contribution is -2.18. The zero-order valence-electron chi connectivity index (χ0n) is 7.35. The Kier molecular flexibility index (Phi) is 2.04. The van der Waals surface area contributed by atoms with Crippen molar-refractivity contribution in [3.63, 3.8) is 0 Å². The molecule has 2 nitrogen and oxygen atoms in total. The van der Waals surface area contributed by atoms with E-state index >= 15 is 0 Å². The zero-order chi connectivity index (χ0) is 9.10. The number of benzene rings is 1. The minimum Gasteiger partial charge on any atom is -0.397 e. The van der Waals surface area contributed by atoms with Crippen LogP contribution in [0.1, 0.15) is 0 Å². The number of para-hydroxylation sites is 2. The first kappa shape index (κ1) is 7.92. The molecule has 2 rings (SSSR count). The van der Waals surface area contributed by atoms with Gasteiger partial charge < -0.3 is 10.6 Å². The normalized spacial score (nSPS) is 14.9. The Morgan fingerprint density at radius 2 is 2.00 bits per heavy atom. The average Bonchev–Trinajstić information content (AvgIpc) is 2.20. The second-order valence-corrected chi connectivity index (χ2v) is 2.98. The maximum atomic E-state index is 5.85. The van der Waals surface area contributed by atoms with Gasteiger partial charge in [0.1, 0.15) is 0 Å². The highest BCUT2D eigenvalue weighted by atomic mass is 15.1. The monoisotopic (exact) mass is 172 g/mol. The molecule has 1 aliphatic rings. The van der Waals surface area contributed by atoms with Crippen molar-refractivity contribution in [2.45, 2.75) is 0 Å². The van der Waals surface area contributed by atoms with Crippen molar-refractivity contribution < 1.29 is 0 Å². The van der Waals surface area contributed by atoms with Crippen molar-refractivity contribution in [3.05, 3.63) is 48.7 Å². The fourth-order valence-electron chi connectivity index (χ4n) is 1.40.